The second-order valence-electron chi connectivity index (χ2n) is 7.05. The van der Waals surface area contributed by atoms with Crippen LogP contribution in [0.15, 0.2) is 0 Å². The lowest BCUT2D eigenvalue weighted by molar-refractivity contribution is -0.160. The van der Waals surface area contributed by atoms with Gasteiger partial charge in [0.05, 0.1) is 18.4 Å². The zero-order valence-electron chi connectivity index (χ0n) is 13.1. The van der Waals surface area contributed by atoms with Crippen molar-refractivity contribution in [2.24, 2.45) is 35.5 Å². The maximum atomic E-state index is 12.4. The van der Waals surface area contributed by atoms with E-state index in [2.05, 4.69) is 20.8 Å². The van der Waals surface area contributed by atoms with Crippen molar-refractivity contribution in [3.05, 3.63) is 0 Å². The van der Waals surface area contributed by atoms with Crippen LogP contribution in [0.4, 0.5) is 0 Å². The molecule has 0 aromatic heterocycles. The summed E-state index contributed by atoms with van der Waals surface area (Å²) in [6.07, 6.45) is 0.394. The summed E-state index contributed by atoms with van der Waals surface area (Å²) in [4.78, 5) is 24.3. The minimum atomic E-state index is -0.302. The third-order valence-electron chi connectivity index (χ3n) is 4.70. The van der Waals surface area contributed by atoms with Gasteiger partial charge in [0.15, 0.2) is 0 Å². The smallest absolute Gasteiger partial charge is 0.313 e. The van der Waals surface area contributed by atoms with Gasteiger partial charge in [-0.1, -0.05) is 34.6 Å². The molecule has 5 atom stereocenters. The van der Waals surface area contributed by atoms with Crippen molar-refractivity contribution in [2.45, 2.75) is 47.1 Å². The molecule has 4 heteroatoms. The minimum Gasteiger partial charge on any atom is -0.465 e. The topological polar surface area (TPSA) is 52.6 Å². The Labute approximate surface area is 121 Å². The van der Waals surface area contributed by atoms with Crippen molar-refractivity contribution in [1.82, 2.24) is 0 Å². The average Bonchev–Trinajstić information content (AvgIpc) is 2.64. The molecule has 1 aliphatic heterocycles. The van der Waals surface area contributed by atoms with Crippen LogP contribution in [0.25, 0.3) is 0 Å². The Morgan fingerprint density at radius 1 is 1.35 bits per heavy atom. The molecule has 5 unspecified atom stereocenters. The third kappa shape index (κ3) is 2.70. The van der Waals surface area contributed by atoms with E-state index in [9.17, 15) is 9.59 Å². The average molecular weight is 282 g/mol. The standard InChI is InChI=1S/C16H26O4/c1-8(2)7-19-16(18)14-10(5)13(9(3)4)11-6-12(14)20-15(11)17/h8-14H,6-7H2,1-5H3. The first-order valence-corrected chi connectivity index (χ1v) is 7.70. The Balaban J connectivity index is 2.16. The van der Waals surface area contributed by atoms with Crippen LogP contribution >= 0.6 is 0 Å². The summed E-state index contributed by atoms with van der Waals surface area (Å²) in [6.45, 7) is 10.7. The summed E-state index contributed by atoms with van der Waals surface area (Å²) in [6, 6.07) is 0. The lowest BCUT2D eigenvalue weighted by Crippen LogP contribution is -2.44. The lowest BCUT2D eigenvalue weighted by atomic mass is 9.63. The summed E-state index contributed by atoms with van der Waals surface area (Å²) in [5, 5.41) is 0. The summed E-state index contributed by atoms with van der Waals surface area (Å²) in [7, 11) is 0. The zero-order valence-corrected chi connectivity index (χ0v) is 13.1. The number of rotatable bonds is 4. The number of hydrogen-bond acceptors (Lipinski definition) is 4. The van der Waals surface area contributed by atoms with Crippen molar-refractivity contribution < 1.29 is 19.1 Å². The van der Waals surface area contributed by atoms with Crippen LogP contribution in [-0.2, 0) is 19.1 Å². The van der Waals surface area contributed by atoms with E-state index in [1.54, 1.807) is 0 Å². The first-order chi connectivity index (χ1) is 9.32. The van der Waals surface area contributed by atoms with Gasteiger partial charge in [0, 0.05) is 0 Å². The second-order valence-corrected chi connectivity index (χ2v) is 7.05. The van der Waals surface area contributed by atoms with Crippen LogP contribution in [0.3, 0.4) is 0 Å². The summed E-state index contributed by atoms with van der Waals surface area (Å²) in [5.41, 5.74) is 0. The van der Waals surface area contributed by atoms with E-state index < -0.39 is 0 Å². The molecule has 1 saturated heterocycles. The molecule has 0 spiro atoms. The summed E-state index contributed by atoms with van der Waals surface area (Å²) in [5.74, 6) is 0.352. The molecule has 1 heterocycles. The van der Waals surface area contributed by atoms with E-state index in [0.717, 1.165) is 0 Å². The maximum Gasteiger partial charge on any atom is 0.313 e. The Morgan fingerprint density at radius 3 is 2.55 bits per heavy atom. The number of carbonyl (C=O) groups is 2. The molecule has 2 bridgehead atoms. The quantitative estimate of drug-likeness (QED) is 0.744. The highest BCUT2D eigenvalue weighted by atomic mass is 16.6. The van der Waals surface area contributed by atoms with Gasteiger partial charge >= 0.3 is 11.9 Å². The fraction of sp³-hybridized carbons (Fsp3) is 0.875. The molecule has 0 radical (unpaired) electrons. The first-order valence-electron chi connectivity index (χ1n) is 7.70. The molecule has 2 aliphatic rings. The zero-order chi connectivity index (χ0) is 15.0. The van der Waals surface area contributed by atoms with Crippen LogP contribution < -0.4 is 0 Å². The fourth-order valence-electron chi connectivity index (χ4n) is 3.89. The largest absolute Gasteiger partial charge is 0.465 e. The molecule has 4 nitrogen and oxygen atoms in total. The van der Waals surface area contributed by atoms with E-state index in [-0.39, 0.29) is 41.7 Å². The van der Waals surface area contributed by atoms with Crippen LogP contribution in [0.1, 0.15) is 41.0 Å². The number of ether oxygens (including phenoxy) is 2. The van der Waals surface area contributed by atoms with Crippen molar-refractivity contribution in [1.29, 1.82) is 0 Å². The number of fused-ring (bicyclic) bond motifs is 2. The van der Waals surface area contributed by atoms with Gasteiger partial charge in [0.2, 0.25) is 0 Å². The molecule has 2 fully saturated rings. The van der Waals surface area contributed by atoms with Crippen molar-refractivity contribution >= 4 is 11.9 Å². The van der Waals surface area contributed by atoms with E-state index in [4.69, 9.17) is 9.47 Å². The van der Waals surface area contributed by atoms with E-state index in [0.29, 0.717) is 24.9 Å². The molecule has 2 rings (SSSR count). The van der Waals surface area contributed by atoms with Gasteiger partial charge in [-0.05, 0) is 30.1 Å². The number of hydrogen-bond donors (Lipinski definition) is 0. The molecule has 0 N–H and O–H groups in total. The molecule has 20 heavy (non-hydrogen) atoms. The van der Waals surface area contributed by atoms with Gasteiger partial charge in [-0.25, -0.2) is 0 Å². The molecule has 114 valence electrons. The lowest BCUT2D eigenvalue weighted by Gasteiger charge is -2.39. The predicted octanol–water partition coefficient (Wildman–Crippen LogP) is 2.66. The van der Waals surface area contributed by atoms with E-state index >= 15 is 0 Å². The molecular weight excluding hydrogens is 256 g/mol. The highest BCUT2D eigenvalue weighted by molar-refractivity contribution is 5.80. The van der Waals surface area contributed by atoms with Gasteiger partial charge in [-0.2, -0.15) is 0 Å². The highest BCUT2D eigenvalue weighted by Gasteiger charge is 2.55. The van der Waals surface area contributed by atoms with Crippen LogP contribution in [0, 0.1) is 35.5 Å². The number of esters is 2. The van der Waals surface area contributed by atoms with E-state index in [1.807, 2.05) is 13.8 Å². The van der Waals surface area contributed by atoms with Crippen molar-refractivity contribution in [3.8, 4) is 0 Å². The van der Waals surface area contributed by atoms with Gasteiger partial charge in [0.25, 0.3) is 0 Å². The summed E-state index contributed by atoms with van der Waals surface area (Å²) < 4.78 is 10.8. The molecular formula is C16H26O4. The Kier molecular flexibility index (Phi) is 4.40. The predicted molar refractivity (Wildman–Crippen MR) is 74.8 cm³/mol. The first kappa shape index (κ1) is 15.3. The molecule has 0 aromatic rings. The van der Waals surface area contributed by atoms with Gasteiger partial charge in [-0.15, -0.1) is 0 Å². The minimum absolute atomic E-state index is 0.0378. The van der Waals surface area contributed by atoms with Gasteiger partial charge in [-0.3, -0.25) is 9.59 Å². The Hall–Kier alpha value is -1.06. The van der Waals surface area contributed by atoms with Crippen LogP contribution in [0.2, 0.25) is 0 Å². The second kappa shape index (κ2) is 5.74. The molecule has 1 saturated carbocycles. The van der Waals surface area contributed by atoms with Crippen molar-refractivity contribution in [3.63, 3.8) is 0 Å². The Bertz CT molecular complexity index is 388. The van der Waals surface area contributed by atoms with Crippen LogP contribution in [0.5, 0.6) is 0 Å². The van der Waals surface area contributed by atoms with Crippen LogP contribution in [-0.4, -0.2) is 24.6 Å². The van der Waals surface area contributed by atoms with Gasteiger partial charge in [0.1, 0.15) is 6.10 Å². The number of carbonyl (C=O) groups excluding carboxylic acids is 2. The van der Waals surface area contributed by atoms with Gasteiger partial charge < -0.3 is 9.47 Å². The SMILES string of the molecule is CC(C)COC(=O)C1C2CC(C(=O)O2)C(C(C)C)C1C. The summed E-state index contributed by atoms with van der Waals surface area (Å²) >= 11 is 0. The normalized spacial score (nSPS) is 36.4. The fourth-order valence-corrected chi connectivity index (χ4v) is 3.89. The molecule has 0 aromatic carbocycles. The highest BCUT2D eigenvalue weighted by Crippen LogP contribution is 2.48. The molecule has 1 aliphatic carbocycles. The molecule has 0 amide bonds. The Morgan fingerprint density at radius 2 is 2.00 bits per heavy atom. The maximum absolute atomic E-state index is 12.4. The van der Waals surface area contributed by atoms with Crippen molar-refractivity contribution in [2.75, 3.05) is 6.61 Å². The third-order valence-corrected chi connectivity index (χ3v) is 4.70. The van der Waals surface area contributed by atoms with E-state index in [1.165, 1.54) is 0 Å². The monoisotopic (exact) mass is 282 g/mol.